The summed E-state index contributed by atoms with van der Waals surface area (Å²) in [6.45, 7) is 10.3. The molecule has 0 aliphatic carbocycles. The monoisotopic (exact) mass is 427 g/mol. The zero-order valence-corrected chi connectivity index (χ0v) is 19.2. The van der Waals surface area contributed by atoms with Crippen LogP contribution in [0.15, 0.2) is 6.20 Å². The summed E-state index contributed by atoms with van der Waals surface area (Å²) in [6.07, 6.45) is 9.48. The van der Waals surface area contributed by atoms with Crippen LogP contribution in [0, 0.1) is 12.8 Å². The van der Waals surface area contributed by atoms with E-state index in [4.69, 9.17) is 4.98 Å². The van der Waals surface area contributed by atoms with Gasteiger partial charge in [-0.2, -0.15) is 0 Å². The van der Waals surface area contributed by atoms with E-state index in [0.29, 0.717) is 11.8 Å². The molecule has 0 spiro atoms. The van der Waals surface area contributed by atoms with Gasteiger partial charge in [-0.05, 0) is 70.9 Å². The highest BCUT2D eigenvalue weighted by molar-refractivity contribution is 5.95. The second-order valence-corrected chi connectivity index (χ2v) is 9.59. The standard InChI is InChI=1S/C24H37N5O2/c1-18-25-16-22(24(31)29-10-4-3-5-11-29)23(26-18)21-8-12-27(13-9-21)17-20-6-14-28(15-7-20)19(2)30/h16,20-21H,3-15,17H2,1-2H3. The molecule has 1 aromatic rings. The Morgan fingerprint density at radius 1 is 0.935 bits per heavy atom. The van der Waals surface area contributed by atoms with Crippen molar-refractivity contribution < 1.29 is 9.59 Å². The highest BCUT2D eigenvalue weighted by atomic mass is 16.2. The molecule has 3 fully saturated rings. The van der Waals surface area contributed by atoms with Crippen molar-refractivity contribution in [3.63, 3.8) is 0 Å². The van der Waals surface area contributed by atoms with E-state index in [-0.39, 0.29) is 11.8 Å². The predicted octanol–water partition coefficient (Wildman–Crippen LogP) is 2.85. The van der Waals surface area contributed by atoms with Gasteiger partial charge in [0.25, 0.3) is 5.91 Å². The van der Waals surface area contributed by atoms with E-state index < -0.39 is 0 Å². The van der Waals surface area contributed by atoms with Crippen molar-refractivity contribution in [1.29, 1.82) is 0 Å². The van der Waals surface area contributed by atoms with Crippen LogP contribution in [-0.2, 0) is 4.79 Å². The van der Waals surface area contributed by atoms with Crippen LogP contribution >= 0.6 is 0 Å². The first-order valence-electron chi connectivity index (χ1n) is 12.1. The van der Waals surface area contributed by atoms with Crippen LogP contribution in [-0.4, -0.2) is 82.3 Å². The molecule has 0 radical (unpaired) electrons. The topological polar surface area (TPSA) is 69.6 Å². The molecule has 7 heteroatoms. The van der Waals surface area contributed by atoms with Gasteiger partial charge in [0.05, 0.1) is 11.3 Å². The number of carbonyl (C=O) groups is 2. The highest BCUT2D eigenvalue weighted by Gasteiger charge is 2.30. The van der Waals surface area contributed by atoms with Gasteiger partial charge in [0.2, 0.25) is 5.91 Å². The van der Waals surface area contributed by atoms with Crippen molar-refractivity contribution in [3.05, 3.63) is 23.3 Å². The molecule has 0 unspecified atom stereocenters. The Labute approximate surface area is 186 Å². The molecule has 0 aromatic carbocycles. The zero-order chi connectivity index (χ0) is 21.8. The number of piperidine rings is 3. The van der Waals surface area contributed by atoms with Crippen molar-refractivity contribution in [2.24, 2.45) is 5.92 Å². The van der Waals surface area contributed by atoms with Gasteiger partial charge >= 0.3 is 0 Å². The van der Waals surface area contributed by atoms with E-state index in [1.807, 2.05) is 16.7 Å². The fourth-order valence-electron chi connectivity index (χ4n) is 5.42. The summed E-state index contributed by atoms with van der Waals surface area (Å²) in [6, 6.07) is 0. The number of rotatable bonds is 4. The third kappa shape index (κ3) is 5.43. The maximum atomic E-state index is 13.2. The number of hydrogen-bond donors (Lipinski definition) is 0. The second kappa shape index (κ2) is 10.1. The summed E-state index contributed by atoms with van der Waals surface area (Å²) in [5.41, 5.74) is 1.69. The average Bonchev–Trinajstić information content (AvgIpc) is 2.80. The molecule has 2 amide bonds. The van der Waals surface area contributed by atoms with Crippen molar-refractivity contribution in [2.75, 3.05) is 45.8 Å². The summed E-state index contributed by atoms with van der Waals surface area (Å²) in [7, 11) is 0. The van der Waals surface area contributed by atoms with Crippen LogP contribution in [0.4, 0.5) is 0 Å². The molecule has 0 bridgehead atoms. The number of aromatic nitrogens is 2. The first-order valence-corrected chi connectivity index (χ1v) is 12.1. The Morgan fingerprint density at radius 3 is 2.26 bits per heavy atom. The smallest absolute Gasteiger partial charge is 0.257 e. The van der Waals surface area contributed by atoms with E-state index in [0.717, 1.165) is 101 Å². The number of nitrogens with zero attached hydrogens (tertiary/aromatic N) is 5. The van der Waals surface area contributed by atoms with Gasteiger partial charge in [-0.3, -0.25) is 9.59 Å². The lowest BCUT2D eigenvalue weighted by Gasteiger charge is -2.37. The first-order chi connectivity index (χ1) is 15.0. The van der Waals surface area contributed by atoms with Crippen LogP contribution in [0.25, 0.3) is 0 Å². The predicted molar refractivity (Wildman–Crippen MR) is 120 cm³/mol. The van der Waals surface area contributed by atoms with Crippen LogP contribution in [0.3, 0.4) is 0 Å². The van der Waals surface area contributed by atoms with E-state index in [9.17, 15) is 9.59 Å². The van der Waals surface area contributed by atoms with Crippen molar-refractivity contribution in [1.82, 2.24) is 24.7 Å². The van der Waals surface area contributed by atoms with Gasteiger partial charge in [0.15, 0.2) is 0 Å². The summed E-state index contributed by atoms with van der Waals surface area (Å²) in [4.78, 5) is 40.4. The quantitative estimate of drug-likeness (QED) is 0.739. The Morgan fingerprint density at radius 2 is 1.61 bits per heavy atom. The molecule has 0 atom stereocenters. The summed E-state index contributed by atoms with van der Waals surface area (Å²) in [5.74, 6) is 2.10. The molecule has 0 N–H and O–H groups in total. The van der Waals surface area contributed by atoms with Crippen LogP contribution in [0.2, 0.25) is 0 Å². The van der Waals surface area contributed by atoms with Gasteiger partial charge in [0.1, 0.15) is 5.82 Å². The van der Waals surface area contributed by atoms with E-state index >= 15 is 0 Å². The van der Waals surface area contributed by atoms with Gasteiger partial charge in [-0.25, -0.2) is 9.97 Å². The molecule has 3 saturated heterocycles. The molecule has 31 heavy (non-hydrogen) atoms. The molecule has 3 aliphatic rings. The Kier molecular flexibility index (Phi) is 7.20. The SMILES string of the molecule is CC(=O)N1CCC(CN2CCC(c3nc(C)ncc3C(=O)N3CCCCC3)CC2)CC1. The van der Waals surface area contributed by atoms with Crippen LogP contribution in [0.1, 0.15) is 79.7 Å². The molecule has 4 rings (SSSR count). The summed E-state index contributed by atoms with van der Waals surface area (Å²) in [5, 5.41) is 0. The molecule has 170 valence electrons. The minimum absolute atomic E-state index is 0.120. The molecule has 4 heterocycles. The molecule has 3 aliphatic heterocycles. The van der Waals surface area contributed by atoms with Gasteiger partial charge in [0, 0.05) is 51.8 Å². The Hall–Kier alpha value is -2.02. The second-order valence-electron chi connectivity index (χ2n) is 9.59. The van der Waals surface area contributed by atoms with Crippen molar-refractivity contribution in [2.45, 2.75) is 64.7 Å². The third-order valence-electron chi connectivity index (χ3n) is 7.36. The highest BCUT2D eigenvalue weighted by Crippen LogP contribution is 2.31. The fourth-order valence-corrected chi connectivity index (χ4v) is 5.42. The maximum Gasteiger partial charge on any atom is 0.257 e. The molecule has 0 saturated carbocycles. The Bertz CT molecular complexity index is 776. The summed E-state index contributed by atoms with van der Waals surface area (Å²) >= 11 is 0. The maximum absolute atomic E-state index is 13.2. The normalized spacial score (nSPS) is 22.0. The van der Waals surface area contributed by atoms with Gasteiger partial charge in [-0.15, -0.1) is 0 Å². The van der Waals surface area contributed by atoms with Crippen LogP contribution in [0.5, 0.6) is 0 Å². The largest absolute Gasteiger partial charge is 0.343 e. The zero-order valence-electron chi connectivity index (χ0n) is 19.2. The average molecular weight is 428 g/mol. The molecular weight excluding hydrogens is 390 g/mol. The number of hydrogen-bond acceptors (Lipinski definition) is 5. The lowest BCUT2D eigenvalue weighted by molar-refractivity contribution is -0.130. The first kappa shape index (κ1) is 22.2. The van der Waals surface area contributed by atoms with E-state index in [1.165, 1.54) is 6.42 Å². The number of carbonyl (C=O) groups excluding carboxylic acids is 2. The number of likely N-dealkylation sites (tertiary alicyclic amines) is 3. The lowest BCUT2D eigenvalue weighted by Crippen LogP contribution is -2.42. The van der Waals surface area contributed by atoms with E-state index in [2.05, 4.69) is 9.88 Å². The molecule has 7 nitrogen and oxygen atoms in total. The third-order valence-corrected chi connectivity index (χ3v) is 7.36. The van der Waals surface area contributed by atoms with Gasteiger partial charge in [-0.1, -0.05) is 0 Å². The minimum Gasteiger partial charge on any atom is -0.343 e. The van der Waals surface area contributed by atoms with E-state index in [1.54, 1.807) is 13.1 Å². The number of amides is 2. The number of aryl methyl sites for hydroxylation is 1. The Balaban J connectivity index is 1.35. The van der Waals surface area contributed by atoms with Crippen molar-refractivity contribution in [3.8, 4) is 0 Å². The van der Waals surface area contributed by atoms with Crippen molar-refractivity contribution >= 4 is 11.8 Å². The minimum atomic E-state index is 0.120. The lowest BCUT2D eigenvalue weighted by atomic mass is 9.89. The molecular formula is C24H37N5O2. The van der Waals surface area contributed by atoms with Gasteiger partial charge < -0.3 is 14.7 Å². The van der Waals surface area contributed by atoms with Crippen LogP contribution < -0.4 is 0 Å². The fraction of sp³-hybridized carbons (Fsp3) is 0.750. The summed E-state index contributed by atoms with van der Waals surface area (Å²) < 4.78 is 0. The molecule has 1 aromatic heterocycles.